The lowest BCUT2D eigenvalue weighted by Crippen LogP contribution is -2.31. The van der Waals surface area contributed by atoms with Crippen molar-refractivity contribution in [2.75, 3.05) is 21.2 Å². The Morgan fingerprint density at radius 2 is 2.18 bits per heavy atom. The fourth-order valence-electron chi connectivity index (χ4n) is 0.627. The van der Waals surface area contributed by atoms with Crippen molar-refractivity contribution in [2.24, 2.45) is 0 Å². The second-order valence-corrected chi connectivity index (χ2v) is 1.94. The molecule has 0 rings (SSSR count). The van der Waals surface area contributed by atoms with E-state index in [0.29, 0.717) is 5.70 Å². The summed E-state index contributed by atoms with van der Waals surface area (Å²) < 4.78 is 0. The first kappa shape index (κ1) is 9.97. The summed E-state index contributed by atoms with van der Waals surface area (Å²) in [5, 5.41) is 3.92. The molecule has 64 valence electrons. The van der Waals surface area contributed by atoms with Crippen LogP contribution in [0.4, 0.5) is 0 Å². The molecule has 0 aliphatic heterocycles. The Balaban J connectivity index is 4.22. The van der Waals surface area contributed by atoms with Gasteiger partial charge in [-0.25, -0.2) is 5.06 Å². The van der Waals surface area contributed by atoms with Crippen molar-refractivity contribution in [1.29, 1.82) is 0 Å². The summed E-state index contributed by atoms with van der Waals surface area (Å²) in [7, 11) is 4.70. The average Bonchev–Trinajstić information content (AvgIpc) is 2.05. The number of hydrogen-bond acceptors (Lipinski definition) is 3. The smallest absolute Gasteiger partial charge is 0.292 e. The molecule has 0 atom stereocenters. The molecule has 1 N–H and O–H groups in total. The van der Waals surface area contributed by atoms with E-state index in [-0.39, 0.29) is 5.91 Å². The van der Waals surface area contributed by atoms with Crippen LogP contribution in [0.25, 0.3) is 0 Å². The molecule has 0 bridgehead atoms. The fourth-order valence-corrected chi connectivity index (χ4v) is 0.627. The molecule has 0 radical (unpaired) electrons. The van der Waals surface area contributed by atoms with Gasteiger partial charge in [0.05, 0.1) is 12.8 Å². The normalized spacial score (nSPS) is 11.1. The minimum atomic E-state index is -0.183. The lowest BCUT2D eigenvalue weighted by Gasteiger charge is -2.14. The fraction of sp³-hybridized carbons (Fsp3) is 0.571. The van der Waals surface area contributed by atoms with Crippen LogP contribution in [0.2, 0.25) is 0 Å². The van der Waals surface area contributed by atoms with Gasteiger partial charge in [0.15, 0.2) is 0 Å². The predicted octanol–water partition coefficient (Wildman–Crippen LogP) is 0.129. The van der Waals surface area contributed by atoms with E-state index in [4.69, 9.17) is 4.84 Å². The molecule has 0 aliphatic carbocycles. The number of amides is 1. The number of hydroxylamine groups is 2. The van der Waals surface area contributed by atoms with Crippen LogP contribution in [-0.4, -0.2) is 32.2 Å². The maximum atomic E-state index is 11.2. The molecule has 1 amide bonds. The highest BCUT2D eigenvalue weighted by molar-refractivity contribution is 5.91. The lowest BCUT2D eigenvalue weighted by atomic mass is 10.4. The molecule has 11 heavy (non-hydrogen) atoms. The number of nitrogens with one attached hydrogen (secondary N) is 1. The third-order valence-electron chi connectivity index (χ3n) is 1.35. The van der Waals surface area contributed by atoms with Gasteiger partial charge in [-0.3, -0.25) is 9.63 Å². The summed E-state index contributed by atoms with van der Waals surface area (Å²) in [6.45, 7) is 1.78. The Hall–Kier alpha value is -1.03. The number of nitrogens with zero attached hydrogens (tertiary/aromatic N) is 1. The molecule has 0 aromatic carbocycles. The van der Waals surface area contributed by atoms with Gasteiger partial charge in [-0.15, -0.1) is 0 Å². The van der Waals surface area contributed by atoms with Crippen molar-refractivity contribution in [3.8, 4) is 0 Å². The molecule has 4 heteroatoms. The first-order chi connectivity index (χ1) is 5.17. The maximum Gasteiger partial charge on any atom is 0.292 e. The van der Waals surface area contributed by atoms with Gasteiger partial charge in [-0.2, -0.15) is 0 Å². The van der Waals surface area contributed by atoms with Gasteiger partial charge in [0.2, 0.25) is 0 Å². The highest BCUT2D eigenvalue weighted by Crippen LogP contribution is 1.94. The van der Waals surface area contributed by atoms with Gasteiger partial charge < -0.3 is 5.32 Å². The summed E-state index contributed by atoms with van der Waals surface area (Å²) in [6.07, 6.45) is 1.69. The summed E-state index contributed by atoms with van der Waals surface area (Å²) in [5.41, 5.74) is 0.523. The Bertz CT molecular complexity index is 166. The van der Waals surface area contributed by atoms with Crippen LogP contribution >= 0.6 is 0 Å². The van der Waals surface area contributed by atoms with Crippen LogP contribution < -0.4 is 5.32 Å². The minimum absolute atomic E-state index is 0.183. The third-order valence-corrected chi connectivity index (χ3v) is 1.35. The molecule has 0 spiro atoms. The first-order valence-electron chi connectivity index (χ1n) is 3.33. The second kappa shape index (κ2) is 4.73. The lowest BCUT2D eigenvalue weighted by molar-refractivity contribution is -0.164. The molecule has 0 fully saturated rings. The number of carbonyl (C=O) groups excluding carboxylic acids is 1. The number of allylic oxidation sites excluding steroid dienone is 1. The maximum absolute atomic E-state index is 11.2. The summed E-state index contributed by atoms with van der Waals surface area (Å²) in [6, 6.07) is 0. The quantitative estimate of drug-likeness (QED) is 0.469. The van der Waals surface area contributed by atoms with Crippen molar-refractivity contribution in [2.45, 2.75) is 6.92 Å². The molecule has 0 aromatic rings. The van der Waals surface area contributed by atoms with Crippen LogP contribution in [0.3, 0.4) is 0 Å². The van der Waals surface area contributed by atoms with Crippen LogP contribution in [0, 0.1) is 0 Å². The summed E-state index contributed by atoms with van der Waals surface area (Å²) >= 11 is 0. The van der Waals surface area contributed by atoms with Crippen molar-refractivity contribution in [3.63, 3.8) is 0 Å². The standard InChI is InChI=1S/C7H14N2O2/c1-5-6(8-2)7(10)9(3)11-4/h5,8H,1-4H3/b6-5-. The van der Waals surface area contributed by atoms with E-state index in [9.17, 15) is 4.79 Å². The summed E-state index contributed by atoms with van der Waals surface area (Å²) in [5.74, 6) is -0.183. The van der Waals surface area contributed by atoms with Crippen LogP contribution in [0.15, 0.2) is 11.8 Å². The number of rotatable bonds is 3. The zero-order chi connectivity index (χ0) is 8.85. The number of likely N-dealkylation sites (N-methyl/N-ethyl adjacent to an activating group) is 2. The molecular weight excluding hydrogens is 144 g/mol. The monoisotopic (exact) mass is 158 g/mol. The van der Waals surface area contributed by atoms with Gasteiger partial charge in [0.25, 0.3) is 5.91 Å². The topological polar surface area (TPSA) is 41.6 Å². The van der Waals surface area contributed by atoms with E-state index >= 15 is 0 Å². The highest BCUT2D eigenvalue weighted by atomic mass is 16.7. The van der Waals surface area contributed by atoms with Crippen molar-refractivity contribution in [1.82, 2.24) is 10.4 Å². The minimum Gasteiger partial charge on any atom is -0.384 e. The molecule has 0 aliphatic rings. The Morgan fingerprint density at radius 3 is 2.45 bits per heavy atom. The number of carbonyl (C=O) groups is 1. The van der Waals surface area contributed by atoms with E-state index in [1.165, 1.54) is 7.11 Å². The molecule has 4 nitrogen and oxygen atoms in total. The Morgan fingerprint density at radius 1 is 1.64 bits per heavy atom. The Labute approximate surface area is 66.8 Å². The van der Waals surface area contributed by atoms with Gasteiger partial charge in [0.1, 0.15) is 0 Å². The third kappa shape index (κ3) is 2.59. The number of hydrogen-bond donors (Lipinski definition) is 1. The van der Waals surface area contributed by atoms with E-state index < -0.39 is 0 Å². The van der Waals surface area contributed by atoms with Crippen molar-refractivity contribution < 1.29 is 9.63 Å². The summed E-state index contributed by atoms with van der Waals surface area (Å²) in [4.78, 5) is 15.9. The predicted molar refractivity (Wildman–Crippen MR) is 42.6 cm³/mol. The average molecular weight is 158 g/mol. The molecular formula is C7H14N2O2. The molecule has 0 unspecified atom stereocenters. The van der Waals surface area contributed by atoms with Crippen molar-refractivity contribution in [3.05, 3.63) is 11.8 Å². The van der Waals surface area contributed by atoms with Gasteiger partial charge in [0, 0.05) is 14.1 Å². The molecule has 0 heterocycles. The largest absolute Gasteiger partial charge is 0.384 e. The van der Waals surface area contributed by atoms with E-state index in [1.54, 1.807) is 27.1 Å². The van der Waals surface area contributed by atoms with E-state index in [1.807, 2.05) is 0 Å². The molecule has 0 aromatic heterocycles. The van der Waals surface area contributed by atoms with E-state index in [0.717, 1.165) is 5.06 Å². The second-order valence-electron chi connectivity index (χ2n) is 1.94. The Kier molecular flexibility index (Phi) is 4.29. The van der Waals surface area contributed by atoms with Gasteiger partial charge in [-0.1, -0.05) is 6.08 Å². The van der Waals surface area contributed by atoms with Crippen LogP contribution in [0.5, 0.6) is 0 Å². The van der Waals surface area contributed by atoms with Crippen LogP contribution in [0.1, 0.15) is 6.92 Å². The molecule has 0 saturated heterocycles. The zero-order valence-electron chi connectivity index (χ0n) is 7.34. The van der Waals surface area contributed by atoms with E-state index in [2.05, 4.69) is 5.32 Å². The van der Waals surface area contributed by atoms with Crippen molar-refractivity contribution >= 4 is 5.91 Å². The SMILES string of the molecule is C/C=C(\NC)C(=O)N(C)OC. The zero-order valence-corrected chi connectivity index (χ0v) is 7.34. The first-order valence-corrected chi connectivity index (χ1v) is 3.33. The molecule has 0 saturated carbocycles. The van der Waals surface area contributed by atoms with Gasteiger partial charge >= 0.3 is 0 Å². The van der Waals surface area contributed by atoms with Crippen LogP contribution in [-0.2, 0) is 9.63 Å². The highest BCUT2D eigenvalue weighted by Gasteiger charge is 2.10. The van der Waals surface area contributed by atoms with Gasteiger partial charge in [-0.05, 0) is 6.92 Å².